The molecule has 0 atom stereocenters. The van der Waals surface area contributed by atoms with Gasteiger partial charge in [0.2, 0.25) is 0 Å². The van der Waals surface area contributed by atoms with E-state index in [1.807, 2.05) is 42.5 Å². The third-order valence-corrected chi connectivity index (χ3v) is 3.36. The van der Waals surface area contributed by atoms with Crippen LogP contribution in [0.2, 0.25) is 0 Å². The number of rotatable bonds is 4. The van der Waals surface area contributed by atoms with Gasteiger partial charge in [-0.05, 0) is 41.3 Å². The van der Waals surface area contributed by atoms with Crippen LogP contribution in [0.3, 0.4) is 0 Å². The highest BCUT2D eigenvalue weighted by Crippen LogP contribution is 2.36. The highest BCUT2D eigenvalue weighted by Gasteiger charge is 2.20. The summed E-state index contributed by atoms with van der Waals surface area (Å²) >= 11 is 0. The van der Waals surface area contributed by atoms with Crippen molar-refractivity contribution in [1.82, 2.24) is 0 Å². The lowest BCUT2D eigenvalue weighted by atomic mass is 9.86. The number of nitrogens with two attached hydrogens (primary N) is 1. The van der Waals surface area contributed by atoms with Crippen LogP contribution in [0.4, 0.5) is 0 Å². The third kappa shape index (κ3) is 3.76. The maximum atomic E-state index is 6.07. The summed E-state index contributed by atoms with van der Waals surface area (Å²) < 4.78 is 11.4. The monoisotopic (exact) mass is 285 g/mol. The SMILES string of the molecule is COc1ccc(Oc2cccc(CN)c2)c(C(C)(C)C)c1. The van der Waals surface area contributed by atoms with Crippen LogP contribution < -0.4 is 15.2 Å². The Hall–Kier alpha value is -2.00. The fourth-order valence-electron chi connectivity index (χ4n) is 2.17. The molecule has 2 aromatic carbocycles. The van der Waals surface area contributed by atoms with Crippen LogP contribution in [0.1, 0.15) is 31.9 Å². The molecule has 2 aromatic rings. The molecule has 0 aliphatic carbocycles. The Labute approximate surface area is 126 Å². The van der Waals surface area contributed by atoms with Crippen LogP contribution in [0.25, 0.3) is 0 Å². The van der Waals surface area contributed by atoms with Crippen molar-refractivity contribution in [2.75, 3.05) is 7.11 Å². The molecule has 0 radical (unpaired) electrons. The first-order chi connectivity index (χ1) is 9.94. The van der Waals surface area contributed by atoms with Crippen LogP contribution >= 0.6 is 0 Å². The van der Waals surface area contributed by atoms with Crippen LogP contribution in [-0.4, -0.2) is 7.11 Å². The summed E-state index contributed by atoms with van der Waals surface area (Å²) in [4.78, 5) is 0. The van der Waals surface area contributed by atoms with E-state index in [4.69, 9.17) is 15.2 Å². The molecule has 0 aliphatic heterocycles. The Bertz CT molecular complexity index is 615. The van der Waals surface area contributed by atoms with Gasteiger partial charge in [0.25, 0.3) is 0 Å². The molecule has 2 N–H and O–H groups in total. The Balaban J connectivity index is 2.39. The minimum Gasteiger partial charge on any atom is -0.497 e. The molecule has 3 nitrogen and oxygen atoms in total. The smallest absolute Gasteiger partial charge is 0.131 e. The normalized spacial score (nSPS) is 11.3. The maximum absolute atomic E-state index is 6.07. The molecule has 0 saturated heterocycles. The van der Waals surface area contributed by atoms with Crippen molar-refractivity contribution in [3.8, 4) is 17.2 Å². The van der Waals surface area contributed by atoms with Gasteiger partial charge < -0.3 is 15.2 Å². The summed E-state index contributed by atoms with van der Waals surface area (Å²) in [7, 11) is 1.67. The molecule has 0 aliphatic rings. The number of hydrogen-bond donors (Lipinski definition) is 1. The van der Waals surface area contributed by atoms with Crippen molar-refractivity contribution in [3.05, 3.63) is 53.6 Å². The lowest BCUT2D eigenvalue weighted by Crippen LogP contribution is -2.12. The van der Waals surface area contributed by atoms with Crippen molar-refractivity contribution in [3.63, 3.8) is 0 Å². The molecule has 0 spiro atoms. The Kier molecular flexibility index (Phi) is 4.53. The molecular formula is C18H23NO2. The van der Waals surface area contributed by atoms with E-state index in [-0.39, 0.29) is 5.41 Å². The fraction of sp³-hybridized carbons (Fsp3) is 0.333. The molecule has 0 heterocycles. The molecule has 21 heavy (non-hydrogen) atoms. The third-order valence-electron chi connectivity index (χ3n) is 3.36. The van der Waals surface area contributed by atoms with Gasteiger partial charge >= 0.3 is 0 Å². The molecule has 3 heteroatoms. The van der Waals surface area contributed by atoms with E-state index in [1.165, 1.54) is 0 Å². The highest BCUT2D eigenvalue weighted by molar-refractivity contribution is 5.46. The van der Waals surface area contributed by atoms with Crippen molar-refractivity contribution >= 4 is 0 Å². The van der Waals surface area contributed by atoms with E-state index in [1.54, 1.807) is 7.11 Å². The lowest BCUT2D eigenvalue weighted by molar-refractivity contribution is 0.407. The van der Waals surface area contributed by atoms with Crippen LogP contribution in [0, 0.1) is 0 Å². The van der Waals surface area contributed by atoms with Crippen molar-refractivity contribution < 1.29 is 9.47 Å². The summed E-state index contributed by atoms with van der Waals surface area (Å²) in [5.74, 6) is 2.48. The first kappa shape index (κ1) is 15.4. The van der Waals surface area contributed by atoms with Crippen molar-refractivity contribution in [1.29, 1.82) is 0 Å². The summed E-state index contributed by atoms with van der Waals surface area (Å²) in [6.45, 7) is 6.98. The van der Waals surface area contributed by atoms with E-state index in [9.17, 15) is 0 Å². The van der Waals surface area contributed by atoms with Crippen LogP contribution in [0.5, 0.6) is 17.2 Å². The summed E-state index contributed by atoms with van der Waals surface area (Å²) in [5, 5.41) is 0. The summed E-state index contributed by atoms with van der Waals surface area (Å²) in [6.07, 6.45) is 0. The van der Waals surface area contributed by atoms with Crippen molar-refractivity contribution in [2.24, 2.45) is 5.73 Å². The number of ether oxygens (including phenoxy) is 2. The Morgan fingerprint density at radius 2 is 1.76 bits per heavy atom. The first-order valence-electron chi connectivity index (χ1n) is 7.09. The zero-order valence-corrected chi connectivity index (χ0v) is 13.1. The highest BCUT2D eigenvalue weighted by atomic mass is 16.5. The van der Waals surface area contributed by atoms with E-state index in [2.05, 4.69) is 20.8 Å². The molecule has 2 rings (SSSR count). The topological polar surface area (TPSA) is 44.5 Å². The van der Waals surface area contributed by atoms with E-state index in [0.717, 1.165) is 28.4 Å². The molecule has 112 valence electrons. The summed E-state index contributed by atoms with van der Waals surface area (Å²) in [6, 6.07) is 13.8. The molecule has 0 aromatic heterocycles. The molecule has 0 fully saturated rings. The predicted molar refractivity (Wildman–Crippen MR) is 86.1 cm³/mol. The second kappa shape index (κ2) is 6.19. The van der Waals surface area contributed by atoms with Gasteiger partial charge in [0.1, 0.15) is 17.2 Å². The van der Waals surface area contributed by atoms with Gasteiger partial charge in [-0.3, -0.25) is 0 Å². The molecule has 0 saturated carbocycles. The number of methoxy groups -OCH3 is 1. The van der Waals surface area contributed by atoms with E-state index in [0.29, 0.717) is 6.54 Å². The largest absolute Gasteiger partial charge is 0.497 e. The van der Waals surface area contributed by atoms with Gasteiger partial charge in [-0.15, -0.1) is 0 Å². The zero-order chi connectivity index (χ0) is 15.5. The van der Waals surface area contributed by atoms with Gasteiger partial charge in [0.15, 0.2) is 0 Å². The molecular weight excluding hydrogens is 262 g/mol. The number of hydrogen-bond acceptors (Lipinski definition) is 3. The van der Waals surface area contributed by atoms with Crippen LogP contribution in [0.15, 0.2) is 42.5 Å². The Morgan fingerprint density at radius 1 is 1.00 bits per heavy atom. The zero-order valence-electron chi connectivity index (χ0n) is 13.1. The molecule has 0 bridgehead atoms. The van der Waals surface area contributed by atoms with Crippen molar-refractivity contribution in [2.45, 2.75) is 32.7 Å². The Morgan fingerprint density at radius 3 is 2.38 bits per heavy atom. The van der Waals surface area contributed by atoms with Gasteiger partial charge in [-0.25, -0.2) is 0 Å². The maximum Gasteiger partial charge on any atom is 0.131 e. The lowest BCUT2D eigenvalue weighted by Gasteiger charge is -2.23. The number of benzene rings is 2. The minimum absolute atomic E-state index is 0.0324. The second-order valence-electron chi connectivity index (χ2n) is 6.07. The minimum atomic E-state index is -0.0324. The fourth-order valence-corrected chi connectivity index (χ4v) is 2.17. The van der Waals surface area contributed by atoms with E-state index < -0.39 is 0 Å². The van der Waals surface area contributed by atoms with Gasteiger partial charge in [0, 0.05) is 12.1 Å². The quantitative estimate of drug-likeness (QED) is 0.913. The van der Waals surface area contributed by atoms with Gasteiger partial charge in [-0.1, -0.05) is 32.9 Å². The summed E-state index contributed by atoms with van der Waals surface area (Å²) in [5.41, 5.74) is 7.81. The average molecular weight is 285 g/mol. The second-order valence-corrected chi connectivity index (χ2v) is 6.07. The standard InChI is InChI=1S/C18H23NO2/c1-18(2,3)16-11-14(20-4)8-9-17(16)21-15-7-5-6-13(10-15)12-19/h5-11H,12,19H2,1-4H3. The predicted octanol–water partition coefficient (Wildman–Crippen LogP) is 4.24. The average Bonchev–Trinajstić information content (AvgIpc) is 2.46. The van der Waals surface area contributed by atoms with Gasteiger partial charge in [0.05, 0.1) is 7.11 Å². The van der Waals surface area contributed by atoms with Crippen LogP contribution in [-0.2, 0) is 12.0 Å². The first-order valence-corrected chi connectivity index (χ1v) is 7.09. The molecule has 0 amide bonds. The van der Waals surface area contributed by atoms with E-state index >= 15 is 0 Å². The molecule has 0 unspecified atom stereocenters. The van der Waals surface area contributed by atoms with Gasteiger partial charge in [-0.2, -0.15) is 0 Å².